The molecule has 1 fully saturated rings. The number of nitrogens with one attached hydrogen (secondary N) is 2. The van der Waals surface area contributed by atoms with E-state index in [1.807, 2.05) is 18.9 Å². The van der Waals surface area contributed by atoms with Gasteiger partial charge in [0.25, 0.3) is 10.0 Å². The van der Waals surface area contributed by atoms with Gasteiger partial charge in [0.15, 0.2) is 0 Å². The van der Waals surface area contributed by atoms with E-state index >= 15 is 0 Å². The molecule has 2 rings (SSSR count). The molecule has 4 N–H and O–H groups in total. The monoisotopic (exact) mass is 301 g/mol. The van der Waals surface area contributed by atoms with E-state index in [1.54, 1.807) is 6.92 Å². The molecule has 2 atom stereocenters. The minimum absolute atomic E-state index is 0.0890. The van der Waals surface area contributed by atoms with Crippen molar-refractivity contribution in [3.8, 4) is 0 Å². The Bertz CT molecular complexity index is 558. The largest absolute Gasteiger partial charge is 0.325 e. The zero-order chi connectivity index (χ0) is 14.9. The van der Waals surface area contributed by atoms with Gasteiger partial charge in [-0.25, -0.2) is 13.4 Å². The molecule has 20 heavy (non-hydrogen) atoms. The fourth-order valence-electron chi connectivity index (χ4n) is 2.75. The molecule has 2 unspecified atom stereocenters. The highest BCUT2D eigenvalue weighted by atomic mass is 32.2. The normalized spacial score (nSPS) is 25.0. The molecule has 0 bridgehead atoms. The zero-order valence-electron chi connectivity index (χ0n) is 12.2. The predicted octanol–water partition coefficient (Wildman–Crippen LogP) is 0.633. The highest BCUT2D eigenvalue weighted by molar-refractivity contribution is 7.89. The fraction of sp³-hybridized carbons (Fsp3) is 0.750. The zero-order valence-corrected chi connectivity index (χ0v) is 13.0. The summed E-state index contributed by atoms with van der Waals surface area (Å²) < 4.78 is 25.2. The van der Waals surface area contributed by atoms with Gasteiger partial charge < -0.3 is 5.73 Å². The van der Waals surface area contributed by atoms with Crippen LogP contribution in [-0.4, -0.2) is 35.7 Å². The van der Waals surface area contributed by atoms with Crippen LogP contribution in [0, 0.1) is 6.92 Å². The first kappa shape index (κ1) is 15.4. The number of H-pyrrole nitrogens is 1. The maximum Gasteiger partial charge on any atom is 0.257 e. The summed E-state index contributed by atoms with van der Waals surface area (Å²) in [5, 5.41) is 8.46. The molecule has 8 heteroatoms. The van der Waals surface area contributed by atoms with Crippen LogP contribution in [0.3, 0.4) is 0 Å². The summed E-state index contributed by atoms with van der Waals surface area (Å²) in [6.07, 6.45) is 3.10. The summed E-state index contributed by atoms with van der Waals surface area (Å²) in [4.78, 5) is 2.87. The Balaban J connectivity index is 2.29. The molecule has 0 saturated carbocycles. The Labute approximate surface area is 119 Å². The summed E-state index contributed by atoms with van der Waals surface area (Å²) in [6.45, 7) is 5.84. The van der Waals surface area contributed by atoms with Crippen molar-refractivity contribution < 1.29 is 8.42 Å². The second-order valence-electron chi connectivity index (χ2n) is 5.46. The standard InChI is InChI=1S/C12H23N5O2S/c1-8-5-4-6-9(2)17(8)16-20(18,19)12-10(3)14-15-11(12)7-13/h8-9,16H,4-7,13H2,1-3H3,(H,14,15). The molecule has 7 nitrogen and oxygen atoms in total. The Hall–Kier alpha value is -0.960. The summed E-state index contributed by atoms with van der Waals surface area (Å²) in [7, 11) is -3.65. The molecule has 1 aliphatic heterocycles. The van der Waals surface area contributed by atoms with Gasteiger partial charge in [0.2, 0.25) is 0 Å². The van der Waals surface area contributed by atoms with Gasteiger partial charge in [-0.1, -0.05) is 6.42 Å². The van der Waals surface area contributed by atoms with Crippen molar-refractivity contribution in [3.63, 3.8) is 0 Å². The molecule has 0 spiro atoms. The van der Waals surface area contributed by atoms with Gasteiger partial charge in [0, 0.05) is 18.6 Å². The van der Waals surface area contributed by atoms with E-state index in [-0.39, 0.29) is 23.5 Å². The van der Waals surface area contributed by atoms with Crippen LogP contribution in [0.1, 0.15) is 44.5 Å². The average Bonchev–Trinajstić information content (AvgIpc) is 2.76. The van der Waals surface area contributed by atoms with Crippen molar-refractivity contribution in [2.75, 3.05) is 0 Å². The lowest BCUT2D eigenvalue weighted by atomic mass is 10.0. The Morgan fingerprint density at radius 1 is 1.40 bits per heavy atom. The van der Waals surface area contributed by atoms with Crippen LogP contribution in [0.2, 0.25) is 0 Å². The van der Waals surface area contributed by atoms with Gasteiger partial charge in [-0.15, -0.1) is 4.83 Å². The molecule has 0 radical (unpaired) electrons. The third-order valence-corrected chi connectivity index (χ3v) is 5.37. The maximum absolute atomic E-state index is 12.6. The number of hydrazine groups is 1. The number of nitrogens with zero attached hydrogens (tertiary/aromatic N) is 2. The van der Waals surface area contributed by atoms with Crippen molar-refractivity contribution >= 4 is 10.0 Å². The minimum atomic E-state index is -3.65. The summed E-state index contributed by atoms with van der Waals surface area (Å²) in [5.41, 5.74) is 6.44. The van der Waals surface area contributed by atoms with E-state index in [9.17, 15) is 8.42 Å². The van der Waals surface area contributed by atoms with Gasteiger partial charge in [-0.3, -0.25) is 5.10 Å². The molecule has 1 saturated heterocycles. The summed E-state index contributed by atoms with van der Waals surface area (Å²) >= 11 is 0. The molecule has 1 aromatic heterocycles. The average molecular weight is 301 g/mol. The van der Waals surface area contributed by atoms with Crippen LogP contribution in [0.15, 0.2) is 4.90 Å². The maximum atomic E-state index is 12.6. The third-order valence-electron chi connectivity index (χ3n) is 3.84. The van der Waals surface area contributed by atoms with Gasteiger partial charge in [0.1, 0.15) is 4.90 Å². The predicted molar refractivity (Wildman–Crippen MR) is 76.2 cm³/mol. The van der Waals surface area contributed by atoms with Gasteiger partial charge in [0.05, 0.1) is 11.4 Å². The molecule has 0 amide bonds. The van der Waals surface area contributed by atoms with E-state index in [2.05, 4.69) is 15.0 Å². The Kier molecular flexibility index (Phi) is 4.48. The molecule has 0 aromatic carbocycles. The smallest absolute Gasteiger partial charge is 0.257 e. The van der Waals surface area contributed by atoms with E-state index in [0.717, 1.165) is 19.3 Å². The summed E-state index contributed by atoms with van der Waals surface area (Å²) in [5.74, 6) is 0. The lowest BCUT2D eigenvalue weighted by molar-refractivity contribution is 0.0790. The minimum Gasteiger partial charge on any atom is -0.325 e. The number of aromatic nitrogens is 2. The molecular formula is C12H23N5O2S. The van der Waals surface area contributed by atoms with E-state index < -0.39 is 10.0 Å². The number of hydrogen-bond acceptors (Lipinski definition) is 5. The third kappa shape index (κ3) is 2.88. The molecule has 0 aliphatic carbocycles. The van der Waals surface area contributed by atoms with Crippen molar-refractivity contribution in [1.29, 1.82) is 0 Å². The SMILES string of the molecule is Cc1[nH]nc(CN)c1S(=O)(=O)NN1C(C)CCCC1C. The highest BCUT2D eigenvalue weighted by Crippen LogP contribution is 2.23. The van der Waals surface area contributed by atoms with Gasteiger partial charge in [-0.05, 0) is 33.6 Å². The quantitative estimate of drug-likeness (QED) is 0.757. The van der Waals surface area contributed by atoms with Gasteiger partial charge in [-0.2, -0.15) is 5.10 Å². The lowest BCUT2D eigenvalue weighted by Crippen LogP contribution is -2.54. The van der Waals surface area contributed by atoms with Crippen molar-refractivity contribution in [2.24, 2.45) is 5.73 Å². The number of aromatic amines is 1. The Morgan fingerprint density at radius 3 is 2.55 bits per heavy atom. The van der Waals surface area contributed by atoms with E-state index in [0.29, 0.717) is 11.4 Å². The number of sulfonamides is 1. The fourth-order valence-corrected chi connectivity index (χ4v) is 4.37. The van der Waals surface area contributed by atoms with Crippen molar-refractivity contribution in [2.45, 2.75) is 63.6 Å². The van der Waals surface area contributed by atoms with Crippen molar-refractivity contribution in [3.05, 3.63) is 11.4 Å². The number of aryl methyl sites for hydroxylation is 1. The first-order valence-corrected chi connectivity index (χ1v) is 8.39. The van der Waals surface area contributed by atoms with Crippen LogP contribution in [0.4, 0.5) is 0 Å². The molecule has 1 aliphatic rings. The Morgan fingerprint density at radius 2 is 2.00 bits per heavy atom. The first-order valence-electron chi connectivity index (χ1n) is 6.91. The number of piperidine rings is 1. The second-order valence-corrected chi connectivity index (χ2v) is 7.06. The van der Waals surface area contributed by atoms with Crippen molar-refractivity contribution in [1.82, 2.24) is 20.0 Å². The van der Waals surface area contributed by atoms with E-state index in [1.165, 1.54) is 0 Å². The molecular weight excluding hydrogens is 278 g/mol. The second kappa shape index (κ2) is 5.80. The van der Waals surface area contributed by atoms with Crippen LogP contribution in [0.5, 0.6) is 0 Å². The molecule has 1 aromatic rings. The van der Waals surface area contributed by atoms with Crippen LogP contribution in [0.25, 0.3) is 0 Å². The highest BCUT2D eigenvalue weighted by Gasteiger charge is 2.31. The molecule has 2 heterocycles. The van der Waals surface area contributed by atoms with Crippen LogP contribution >= 0.6 is 0 Å². The number of hydrogen-bond donors (Lipinski definition) is 3. The lowest BCUT2D eigenvalue weighted by Gasteiger charge is -2.38. The topological polar surface area (TPSA) is 104 Å². The first-order chi connectivity index (χ1) is 9.36. The number of nitrogens with two attached hydrogens (primary N) is 1. The van der Waals surface area contributed by atoms with Crippen LogP contribution < -0.4 is 10.6 Å². The number of rotatable bonds is 4. The van der Waals surface area contributed by atoms with E-state index in [4.69, 9.17) is 5.73 Å². The summed E-state index contributed by atoms with van der Waals surface area (Å²) in [6, 6.07) is 0.365. The molecule has 114 valence electrons. The van der Waals surface area contributed by atoms with Crippen LogP contribution in [-0.2, 0) is 16.6 Å². The van der Waals surface area contributed by atoms with Gasteiger partial charge >= 0.3 is 0 Å².